The summed E-state index contributed by atoms with van der Waals surface area (Å²) in [6.45, 7) is 7.24. The van der Waals surface area contributed by atoms with Gasteiger partial charge in [0.2, 0.25) is 0 Å². The molecule has 1 unspecified atom stereocenters. The molecule has 3 N–H and O–H groups in total. The van der Waals surface area contributed by atoms with E-state index in [1.54, 1.807) is 18.1 Å². The Morgan fingerprint density at radius 2 is 2.03 bits per heavy atom. The van der Waals surface area contributed by atoms with E-state index in [1.165, 1.54) is 0 Å². The molecule has 0 radical (unpaired) electrons. The number of rotatable bonds is 8. The third-order valence-corrected chi connectivity index (χ3v) is 9.02. The fourth-order valence-electron chi connectivity index (χ4n) is 5.44. The van der Waals surface area contributed by atoms with Crippen molar-refractivity contribution in [1.29, 1.82) is 0 Å². The molecule has 0 saturated carbocycles. The third kappa shape index (κ3) is 5.19. The lowest BCUT2D eigenvalue weighted by molar-refractivity contribution is 0.0297. The Bertz CT molecular complexity index is 1070. The molecule has 0 spiro atoms. The highest BCUT2D eigenvalue weighted by Gasteiger charge is 2.39. The number of likely N-dealkylation sites (tertiary alicyclic amines) is 1. The largest absolute Gasteiger partial charge is 0.383 e. The van der Waals surface area contributed by atoms with Crippen molar-refractivity contribution in [3.8, 4) is 11.3 Å². The molecular weight excluding hydrogens is 482 g/mol. The quantitative estimate of drug-likeness (QED) is 0.456. The number of aromatic nitrogens is 2. The number of nitrogens with one attached hydrogen (secondary N) is 1. The Kier molecular flexibility index (Phi) is 7.96. The first-order chi connectivity index (χ1) is 17.5. The van der Waals surface area contributed by atoms with Crippen LogP contribution < -0.4 is 5.32 Å². The van der Waals surface area contributed by atoms with Gasteiger partial charge in [-0.05, 0) is 25.5 Å². The van der Waals surface area contributed by atoms with Crippen LogP contribution in [0, 0.1) is 0 Å². The highest BCUT2D eigenvalue weighted by atomic mass is 32.3. The van der Waals surface area contributed by atoms with Crippen molar-refractivity contribution < 1.29 is 23.4 Å². The summed E-state index contributed by atoms with van der Waals surface area (Å²) in [5, 5.41) is 8.34. The molecule has 36 heavy (non-hydrogen) atoms. The third-order valence-electron chi connectivity index (χ3n) is 7.26. The van der Waals surface area contributed by atoms with Crippen LogP contribution in [0.4, 0.5) is 0 Å². The number of carbonyl (C=O) groups is 1. The number of morpholine rings is 1. The highest BCUT2D eigenvalue weighted by molar-refractivity contribution is 8.23. The second kappa shape index (κ2) is 11.2. The van der Waals surface area contributed by atoms with Crippen molar-refractivity contribution in [2.75, 3.05) is 72.7 Å². The fraction of sp³-hybridized carbons (Fsp3) is 0.600. The molecule has 198 valence electrons. The molecule has 1 atom stereocenters. The number of benzene rings is 1. The van der Waals surface area contributed by atoms with E-state index in [1.807, 2.05) is 22.9 Å². The molecule has 0 aliphatic carbocycles. The van der Waals surface area contributed by atoms with Gasteiger partial charge in [0.25, 0.3) is 5.91 Å². The zero-order chi connectivity index (χ0) is 25.1. The monoisotopic (exact) mass is 519 g/mol. The summed E-state index contributed by atoms with van der Waals surface area (Å²) in [5.41, 5.74) is 2.63. The summed E-state index contributed by atoms with van der Waals surface area (Å²) in [7, 11) is -1.36. The van der Waals surface area contributed by atoms with E-state index in [0.717, 1.165) is 56.8 Å². The number of hydrogen-bond donors (Lipinski definition) is 3. The van der Waals surface area contributed by atoms with Crippen LogP contribution in [-0.2, 0) is 15.2 Å². The molecule has 10 nitrogen and oxygen atoms in total. The van der Waals surface area contributed by atoms with E-state index in [0.29, 0.717) is 49.1 Å². The van der Waals surface area contributed by atoms with Gasteiger partial charge in [0.15, 0.2) is 5.69 Å². The predicted molar refractivity (Wildman–Crippen MR) is 139 cm³/mol. The number of piperidine rings is 1. The highest BCUT2D eigenvalue weighted by Crippen LogP contribution is 2.60. The molecule has 0 bridgehead atoms. The van der Waals surface area contributed by atoms with Crippen LogP contribution in [0.5, 0.6) is 0 Å². The van der Waals surface area contributed by atoms with Gasteiger partial charge >= 0.3 is 0 Å². The van der Waals surface area contributed by atoms with Crippen LogP contribution in [0.15, 0.2) is 29.2 Å². The van der Waals surface area contributed by atoms with Crippen LogP contribution in [0.3, 0.4) is 0 Å². The first-order valence-corrected chi connectivity index (χ1v) is 14.5. The van der Waals surface area contributed by atoms with Gasteiger partial charge in [-0.25, -0.2) is 0 Å². The summed E-state index contributed by atoms with van der Waals surface area (Å²) in [5.74, 6) is -0.136. The van der Waals surface area contributed by atoms with Gasteiger partial charge in [0, 0.05) is 57.5 Å². The predicted octanol–water partition coefficient (Wildman–Crippen LogP) is 2.52. The van der Waals surface area contributed by atoms with Gasteiger partial charge < -0.3 is 19.7 Å². The Hall–Kier alpha value is -1.99. The van der Waals surface area contributed by atoms with Crippen molar-refractivity contribution in [1.82, 2.24) is 24.9 Å². The summed E-state index contributed by atoms with van der Waals surface area (Å²) in [6.07, 6.45) is 2.01. The summed E-state index contributed by atoms with van der Waals surface area (Å²) in [6, 6.07) is 7.54. The maximum absolute atomic E-state index is 13.6. The minimum Gasteiger partial charge on any atom is -0.383 e. The summed E-state index contributed by atoms with van der Waals surface area (Å²) in [4.78, 5) is 18.3. The molecular formula is C25H37N5O5S. The van der Waals surface area contributed by atoms with Gasteiger partial charge in [-0.15, -0.1) is 0 Å². The number of carbonyl (C=O) groups excluding carboxylic acids is 1. The normalized spacial score (nSPS) is 22.6. The average molecular weight is 520 g/mol. The van der Waals surface area contributed by atoms with E-state index in [-0.39, 0.29) is 17.7 Å². The molecule has 3 aliphatic heterocycles. The molecule has 2 saturated heterocycles. The smallest absolute Gasteiger partial charge is 0.274 e. The molecule has 5 rings (SSSR count). The minimum absolute atomic E-state index is 0.0185. The lowest BCUT2D eigenvalue weighted by atomic mass is 10.0. The van der Waals surface area contributed by atoms with Gasteiger partial charge in [0.05, 0.1) is 42.2 Å². The Balaban J connectivity index is 1.47. The van der Waals surface area contributed by atoms with Crippen molar-refractivity contribution >= 4 is 16.5 Å². The van der Waals surface area contributed by atoms with Crippen molar-refractivity contribution in [3.05, 3.63) is 35.5 Å². The number of ether oxygens (including phenoxy) is 2. The number of amides is 1. The number of fused-ring (bicyclic) bond motifs is 3. The molecule has 1 aromatic heterocycles. The second-order valence-electron chi connectivity index (χ2n) is 9.67. The Morgan fingerprint density at radius 1 is 1.22 bits per heavy atom. The van der Waals surface area contributed by atoms with Crippen molar-refractivity contribution in [2.45, 2.75) is 29.5 Å². The van der Waals surface area contributed by atoms with E-state index in [4.69, 9.17) is 14.6 Å². The molecule has 4 heterocycles. The summed E-state index contributed by atoms with van der Waals surface area (Å²) < 4.78 is 34.6. The van der Waals surface area contributed by atoms with Crippen LogP contribution in [0.25, 0.3) is 11.3 Å². The van der Waals surface area contributed by atoms with Crippen LogP contribution in [0.2, 0.25) is 0 Å². The maximum Gasteiger partial charge on any atom is 0.274 e. The number of methoxy groups -OCH3 is 1. The van der Waals surface area contributed by atoms with Gasteiger partial charge in [-0.2, -0.15) is 15.7 Å². The molecule has 2 fully saturated rings. The van der Waals surface area contributed by atoms with Crippen molar-refractivity contribution in [2.24, 2.45) is 0 Å². The average Bonchev–Trinajstić information content (AvgIpc) is 3.27. The van der Waals surface area contributed by atoms with Crippen LogP contribution in [-0.4, -0.2) is 107 Å². The van der Waals surface area contributed by atoms with Crippen LogP contribution in [0.1, 0.15) is 34.9 Å². The zero-order valence-corrected chi connectivity index (χ0v) is 21.7. The van der Waals surface area contributed by atoms with E-state index >= 15 is 0 Å². The molecule has 1 amide bonds. The first kappa shape index (κ1) is 25.7. The Labute approximate surface area is 213 Å². The zero-order valence-electron chi connectivity index (χ0n) is 20.9. The van der Waals surface area contributed by atoms with Gasteiger partial charge in [-0.3, -0.25) is 23.5 Å². The van der Waals surface area contributed by atoms with Gasteiger partial charge in [0.1, 0.15) is 0 Å². The second-order valence-corrected chi connectivity index (χ2v) is 11.7. The van der Waals surface area contributed by atoms with Crippen molar-refractivity contribution in [3.63, 3.8) is 0 Å². The lowest BCUT2D eigenvalue weighted by Gasteiger charge is -2.39. The topological polar surface area (TPSA) is 112 Å². The molecule has 1 aromatic carbocycles. The maximum atomic E-state index is 13.6. The number of hydrogen-bond acceptors (Lipinski definition) is 8. The number of nitrogens with zero attached hydrogens (tertiary/aromatic N) is 4. The molecule has 3 aliphatic rings. The van der Waals surface area contributed by atoms with E-state index in [9.17, 15) is 13.9 Å². The lowest BCUT2D eigenvalue weighted by Crippen LogP contribution is -2.42. The van der Waals surface area contributed by atoms with E-state index in [2.05, 4.69) is 10.2 Å². The SMILES string of the molecule is COCCNCCN1CCCC(n2nc(C(=O)N3CCOCC3)c3c2-c2ccccc2S(O)(O)C3)C1. The first-order valence-electron chi connectivity index (χ1n) is 12.8. The summed E-state index contributed by atoms with van der Waals surface area (Å²) >= 11 is 0. The molecule has 2 aromatic rings. The van der Waals surface area contributed by atoms with Crippen LogP contribution >= 0.6 is 10.6 Å². The molecule has 11 heteroatoms. The Morgan fingerprint density at radius 3 is 2.83 bits per heavy atom. The van der Waals surface area contributed by atoms with Gasteiger partial charge in [-0.1, -0.05) is 18.2 Å². The minimum atomic E-state index is -3.07. The van der Waals surface area contributed by atoms with E-state index < -0.39 is 10.6 Å². The standard InChI is InChI=1S/C25H37N5O5S/c1-34-14-9-26-8-11-28-10-4-5-19(17-28)30-24-20-6-2-3-7-22(20)36(32,33)18-21(24)23(27-30)25(31)29-12-15-35-16-13-29/h2-3,6-7,19,26,32-33H,4-5,8-18H2,1H3. The fourth-order valence-corrected chi connectivity index (χ4v) is 7.09.